The lowest BCUT2D eigenvalue weighted by Crippen LogP contribution is -2.29. The molecule has 0 saturated carbocycles. The van der Waals surface area contributed by atoms with Crippen LogP contribution in [0.25, 0.3) is 10.8 Å². The number of amides is 1. The summed E-state index contributed by atoms with van der Waals surface area (Å²) in [5, 5.41) is 1.67. The van der Waals surface area contributed by atoms with Gasteiger partial charge in [0.05, 0.1) is 0 Å². The lowest BCUT2D eigenvalue weighted by molar-refractivity contribution is 0.0986. The number of carbonyl (C=O) groups excluding carboxylic acids is 1. The van der Waals surface area contributed by atoms with Crippen molar-refractivity contribution in [3.63, 3.8) is 0 Å². The van der Waals surface area contributed by atoms with E-state index in [1.807, 2.05) is 36.4 Å². The zero-order valence-corrected chi connectivity index (χ0v) is 12.0. The minimum Gasteiger partial charge on any atom is -0.398 e. The third kappa shape index (κ3) is 1.84. The number of anilines is 2. The lowest BCUT2D eigenvalue weighted by Gasteiger charge is -2.18. The Balaban J connectivity index is 1.85. The van der Waals surface area contributed by atoms with E-state index in [0.29, 0.717) is 17.9 Å². The van der Waals surface area contributed by atoms with Crippen LogP contribution in [0.15, 0.2) is 54.7 Å². The van der Waals surface area contributed by atoms with Crippen LogP contribution in [-0.4, -0.2) is 17.4 Å². The maximum atomic E-state index is 13.0. The van der Waals surface area contributed by atoms with Crippen molar-refractivity contribution in [1.29, 1.82) is 0 Å². The van der Waals surface area contributed by atoms with E-state index in [1.54, 1.807) is 17.2 Å². The molecule has 0 aliphatic carbocycles. The lowest BCUT2D eigenvalue weighted by atomic mass is 10.1. The van der Waals surface area contributed by atoms with Crippen molar-refractivity contribution in [3.05, 3.63) is 66.0 Å². The van der Waals surface area contributed by atoms with E-state index in [4.69, 9.17) is 5.73 Å². The molecule has 0 bridgehead atoms. The minimum absolute atomic E-state index is 0.0894. The highest BCUT2D eigenvalue weighted by atomic mass is 16.2. The van der Waals surface area contributed by atoms with Gasteiger partial charge < -0.3 is 10.6 Å². The molecule has 2 aromatic carbocycles. The summed E-state index contributed by atoms with van der Waals surface area (Å²) >= 11 is 0. The molecule has 3 aromatic rings. The highest BCUT2D eigenvalue weighted by molar-refractivity contribution is 6.15. The number of pyridine rings is 1. The number of aromatic nitrogens is 1. The molecule has 0 radical (unpaired) electrons. The fourth-order valence-electron chi connectivity index (χ4n) is 3.10. The quantitative estimate of drug-likeness (QED) is 0.700. The van der Waals surface area contributed by atoms with Gasteiger partial charge in [-0.1, -0.05) is 30.3 Å². The van der Waals surface area contributed by atoms with Crippen molar-refractivity contribution in [2.45, 2.75) is 6.42 Å². The number of hydrogen-bond donors (Lipinski definition) is 1. The van der Waals surface area contributed by atoms with Crippen LogP contribution in [0, 0.1) is 0 Å². The van der Waals surface area contributed by atoms with Crippen LogP contribution in [0.4, 0.5) is 11.4 Å². The minimum atomic E-state index is -0.0894. The van der Waals surface area contributed by atoms with Gasteiger partial charge in [0.1, 0.15) is 5.69 Å². The monoisotopic (exact) mass is 289 g/mol. The van der Waals surface area contributed by atoms with Gasteiger partial charge in [-0.3, -0.25) is 9.78 Å². The van der Waals surface area contributed by atoms with E-state index in [0.717, 1.165) is 22.9 Å². The summed E-state index contributed by atoms with van der Waals surface area (Å²) in [5.74, 6) is -0.0894. The summed E-state index contributed by atoms with van der Waals surface area (Å²) in [6, 6.07) is 15.5. The number of nitrogen functional groups attached to an aromatic ring is 1. The van der Waals surface area contributed by atoms with Gasteiger partial charge in [0.2, 0.25) is 0 Å². The second kappa shape index (κ2) is 4.84. The average molecular weight is 289 g/mol. The first-order valence-electron chi connectivity index (χ1n) is 7.28. The normalized spacial score (nSPS) is 13.4. The van der Waals surface area contributed by atoms with E-state index in [9.17, 15) is 4.79 Å². The summed E-state index contributed by atoms with van der Waals surface area (Å²) in [5.41, 5.74) is 9.26. The number of hydrogen-bond acceptors (Lipinski definition) is 3. The standard InChI is InChI=1S/C18H15N3O/c19-14-6-3-5-13-8-10-20-17(16(13)14)18(22)21-11-9-12-4-1-2-7-15(12)21/h1-8,10H,9,11,19H2. The van der Waals surface area contributed by atoms with Gasteiger partial charge in [-0.25, -0.2) is 0 Å². The Morgan fingerprint density at radius 1 is 1.09 bits per heavy atom. The van der Waals surface area contributed by atoms with E-state index in [-0.39, 0.29) is 5.91 Å². The van der Waals surface area contributed by atoms with Crippen molar-refractivity contribution < 1.29 is 4.79 Å². The summed E-state index contributed by atoms with van der Waals surface area (Å²) in [4.78, 5) is 19.1. The molecule has 2 heterocycles. The Hall–Kier alpha value is -2.88. The number of carbonyl (C=O) groups is 1. The van der Waals surface area contributed by atoms with Crippen LogP contribution in [0.5, 0.6) is 0 Å². The first kappa shape index (κ1) is 12.8. The summed E-state index contributed by atoms with van der Waals surface area (Å²) in [6.45, 7) is 0.684. The molecule has 1 aromatic heterocycles. The molecule has 0 spiro atoms. The van der Waals surface area contributed by atoms with Gasteiger partial charge in [0.25, 0.3) is 5.91 Å². The second-order valence-electron chi connectivity index (χ2n) is 5.44. The number of rotatable bonds is 1. The smallest absolute Gasteiger partial charge is 0.277 e. The molecule has 4 rings (SSSR count). The number of fused-ring (bicyclic) bond motifs is 2. The molecule has 1 aliphatic heterocycles. The number of nitrogens with two attached hydrogens (primary N) is 1. The van der Waals surface area contributed by atoms with Crippen molar-refractivity contribution in [2.24, 2.45) is 0 Å². The summed E-state index contributed by atoms with van der Waals surface area (Å²) in [7, 11) is 0. The van der Waals surface area contributed by atoms with E-state index < -0.39 is 0 Å². The van der Waals surface area contributed by atoms with Crippen molar-refractivity contribution in [2.75, 3.05) is 17.2 Å². The van der Waals surface area contributed by atoms with Gasteiger partial charge in [-0.15, -0.1) is 0 Å². The number of nitrogens with zero attached hydrogens (tertiary/aromatic N) is 2. The highest BCUT2D eigenvalue weighted by Gasteiger charge is 2.27. The van der Waals surface area contributed by atoms with Crippen LogP contribution in [0.2, 0.25) is 0 Å². The van der Waals surface area contributed by atoms with Gasteiger partial charge in [0, 0.05) is 29.5 Å². The summed E-state index contributed by atoms with van der Waals surface area (Å²) < 4.78 is 0. The third-order valence-corrected chi connectivity index (χ3v) is 4.16. The largest absolute Gasteiger partial charge is 0.398 e. The zero-order chi connectivity index (χ0) is 15.1. The molecule has 4 nitrogen and oxygen atoms in total. The molecule has 0 unspecified atom stereocenters. The third-order valence-electron chi connectivity index (χ3n) is 4.16. The predicted octanol–water partition coefficient (Wildman–Crippen LogP) is 3.02. The van der Waals surface area contributed by atoms with E-state index in [2.05, 4.69) is 11.1 Å². The van der Waals surface area contributed by atoms with Gasteiger partial charge in [0.15, 0.2) is 0 Å². The van der Waals surface area contributed by atoms with Crippen LogP contribution in [-0.2, 0) is 6.42 Å². The number of benzene rings is 2. The Morgan fingerprint density at radius 2 is 1.95 bits per heavy atom. The first-order valence-corrected chi connectivity index (χ1v) is 7.28. The fourth-order valence-corrected chi connectivity index (χ4v) is 3.10. The van der Waals surface area contributed by atoms with Crippen molar-refractivity contribution in [3.8, 4) is 0 Å². The average Bonchev–Trinajstić information content (AvgIpc) is 2.98. The van der Waals surface area contributed by atoms with Crippen LogP contribution in [0.3, 0.4) is 0 Å². The van der Waals surface area contributed by atoms with Crippen molar-refractivity contribution in [1.82, 2.24) is 4.98 Å². The molecule has 0 fully saturated rings. The molecular formula is C18H15N3O. The van der Waals surface area contributed by atoms with Gasteiger partial charge in [-0.05, 0) is 35.6 Å². The van der Waals surface area contributed by atoms with Crippen molar-refractivity contribution >= 4 is 28.1 Å². The Kier molecular flexibility index (Phi) is 2.82. The Bertz CT molecular complexity index is 883. The van der Waals surface area contributed by atoms with E-state index in [1.165, 1.54) is 5.56 Å². The molecule has 108 valence electrons. The molecule has 4 heteroatoms. The molecule has 1 aliphatic rings. The maximum absolute atomic E-state index is 13.0. The Morgan fingerprint density at radius 3 is 2.86 bits per heavy atom. The van der Waals surface area contributed by atoms with Gasteiger partial charge in [-0.2, -0.15) is 0 Å². The fraction of sp³-hybridized carbons (Fsp3) is 0.111. The summed E-state index contributed by atoms with van der Waals surface area (Å²) in [6.07, 6.45) is 2.54. The maximum Gasteiger partial charge on any atom is 0.277 e. The molecular weight excluding hydrogens is 274 g/mol. The van der Waals surface area contributed by atoms with E-state index >= 15 is 0 Å². The topological polar surface area (TPSA) is 59.2 Å². The molecule has 0 atom stereocenters. The molecule has 1 amide bonds. The second-order valence-corrected chi connectivity index (χ2v) is 5.44. The number of para-hydroxylation sites is 1. The predicted molar refractivity (Wildman–Crippen MR) is 88.0 cm³/mol. The molecule has 2 N–H and O–H groups in total. The SMILES string of the molecule is Nc1cccc2ccnc(C(=O)N3CCc4ccccc43)c12. The van der Waals surface area contributed by atoms with Gasteiger partial charge >= 0.3 is 0 Å². The van der Waals surface area contributed by atoms with Crippen LogP contribution >= 0.6 is 0 Å². The van der Waals surface area contributed by atoms with Crippen LogP contribution in [0.1, 0.15) is 16.1 Å². The molecule has 22 heavy (non-hydrogen) atoms. The highest BCUT2D eigenvalue weighted by Crippen LogP contribution is 2.31. The van der Waals surface area contributed by atoms with Crippen LogP contribution < -0.4 is 10.6 Å². The Labute approximate surface area is 128 Å². The zero-order valence-electron chi connectivity index (χ0n) is 12.0. The first-order chi connectivity index (χ1) is 10.8. The molecule has 0 saturated heterocycles.